The van der Waals surface area contributed by atoms with Crippen LogP contribution in [0.15, 0.2) is 72.6 Å². The monoisotopic (exact) mass is 358 g/mol. The number of anilines is 1. The van der Waals surface area contributed by atoms with E-state index in [1.165, 1.54) is 12.1 Å². The topological polar surface area (TPSA) is 25.4 Å². The van der Waals surface area contributed by atoms with Gasteiger partial charge >= 0.3 is 6.36 Å². The van der Waals surface area contributed by atoms with Gasteiger partial charge in [-0.3, -0.25) is 0 Å². The maximum atomic E-state index is 12.2. The lowest BCUT2D eigenvalue weighted by Crippen LogP contribution is -2.17. The molecule has 0 aliphatic heterocycles. The second-order valence-corrected chi connectivity index (χ2v) is 5.38. The van der Waals surface area contributed by atoms with Crippen LogP contribution in [0.25, 0.3) is 0 Å². The van der Waals surface area contributed by atoms with Crippen molar-refractivity contribution in [3.8, 4) is 17.6 Å². The summed E-state index contributed by atoms with van der Waals surface area (Å²) in [5, 5.41) is 0. The number of hydrogen-bond acceptors (Lipinski definition) is 3. The maximum absolute atomic E-state index is 12.2. The quantitative estimate of drug-likeness (QED) is 0.572. The standard InChI is InChI=1S/C20H17F3N2O/c1-15(7-8-17-6-4-5-13-24-17)14-16(2)25(3)18-9-11-19(12-10-18)26-20(21,22)23/h4-6,9-14H,1H2,2-3H3/b16-14-. The van der Waals surface area contributed by atoms with E-state index < -0.39 is 6.36 Å². The van der Waals surface area contributed by atoms with Crippen LogP contribution in [0.3, 0.4) is 0 Å². The molecule has 6 heteroatoms. The normalized spacial score (nSPS) is 11.3. The summed E-state index contributed by atoms with van der Waals surface area (Å²) < 4.78 is 40.5. The van der Waals surface area contributed by atoms with E-state index in [0.29, 0.717) is 17.0 Å². The molecule has 3 nitrogen and oxygen atoms in total. The Morgan fingerprint density at radius 2 is 1.88 bits per heavy atom. The zero-order valence-corrected chi connectivity index (χ0v) is 14.3. The number of hydrogen-bond donors (Lipinski definition) is 0. The third-order valence-electron chi connectivity index (χ3n) is 3.39. The number of allylic oxidation sites excluding steroid dienone is 3. The van der Waals surface area contributed by atoms with E-state index in [0.717, 1.165) is 5.70 Å². The smallest absolute Gasteiger partial charge is 0.406 e. The largest absolute Gasteiger partial charge is 0.573 e. The van der Waals surface area contributed by atoms with Gasteiger partial charge in [-0.15, -0.1) is 13.2 Å². The molecule has 0 unspecified atom stereocenters. The predicted molar refractivity (Wildman–Crippen MR) is 95.5 cm³/mol. The lowest BCUT2D eigenvalue weighted by Gasteiger charge is -2.20. The molecule has 2 rings (SSSR count). The van der Waals surface area contributed by atoms with Crippen molar-refractivity contribution in [2.75, 3.05) is 11.9 Å². The highest BCUT2D eigenvalue weighted by molar-refractivity contribution is 5.54. The minimum absolute atomic E-state index is 0.262. The van der Waals surface area contributed by atoms with E-state index in [9.17, 15) is 13.2 Å². The Hall–Kier alpha value is -3.20. The van der Waals surface area contributed by atoms with Gasteiger partial charge in [-0.05, 0) is 55.3 Å². The first-order chi connectivity index (χ1) is 12.2. The molecule has 0 bridgehead atoms. The summed E-state index contributed by atoms with van der Waals surface area (Å²) in [6.07, 6.45) is -1.25. The fraction of sp³-hybridized carbons (Fsp3) is 0.150. The summed E-state index contributed by atoms with van der Waals surface area (Å²) in [6, 6.07) is 11.1. The summed E-state index contributed by atoms with van der Waals surface area (Å²) in [5.41, 5.74) is 2.78. The summed E-state index contributed by atoms with van der Waals surface area (Å²) in [6.45, 7) is 5.75. The van der Waals surface area contributed by atoms with Crippen molar-refractivity contribution in [2.24, 2.45) is 0 Å². The minimum Gasteiger partial charge on any atom is -0.406 e. The highest BCUT2D eigenvalue weighted by atomic mass is 19.4. The molecule has 2 aromatic rings. The first-order valence-electron chi connectivity index (χ1n) is 7.64. The summed E-state index contributed by atoms with van der Waals surface area (Å²) in [5.74, 6) is 5.56. The zero-order chi connectivity index (χ0) is 19.2. The van der Waals surface area contributed by atoms with Crippen molar-refractivity contribution in [1.29, 1.82) is 0 Å². The third kappa shape index (κ3) is 6.02. The summed E-state index contributed by atoms with van der Waals surface area (Å²) in [7, 11) is 1.80. The van der Waals surface area contributed by atoms with Crippen LogP contribution in [0, 0.1) is 11.8 Å². The lowest BCUT2D eigenvalue weighted by molar-refractivity contribution is -0.274. The molecular weight excluding hydrogens is 341 g/mol. The van der Waals surface area contributed by atoms with Crippen LogP contribution < -0.4 is 9.64 Å². The van der Waals surface area contributed by atoms with E-state index in [1.807, 2.05) is 24.0 Å². The van der Waals surface area contributed by atoms with Crippen LogP contribution in [-0.4, -0.2) is 18.4 Å². The molecule has 1 heterocycles. The van der Waals surface area contributed by atoms with E-state index in [4.69, 9.17) is 0 Å². The van der Waals surface area contributed by atoms with Gasteiger partial charge in [-0.25, -0.2) is 4.98 Å². The SMILES string of the molecule is C=C(C#Cc1ccccn1)/C=C(/C)N(C)c1ccc(OC(F)(F)F)cc1. The Morgan fingerprint density at radius 3 is 2.46 bits per heavy atom. The number of pyridine rings is 1. The van der Waals surface area contributed by atoms with Gasteiger partial charge in [-0.2, -0.15) is 0 Å². The fourth-order valence-corrected chi connectivity index (χ4v) is 2.04. The molecule has 0 fully saturated rings. The Kier molecular flexibility index (Phi) is 6.07. The first-order valence-corrected chi connectivity index (χ1v) is 7.64. The van der Waals surface area contributed by atoms with Crippen LogP contribution >= 0.6 is 0 Å². The molecule has 0 amide bonds. The highest BCUT2D eigenvalue weighted by Gasteiger charge is 2.30. The van der Waals surface area contributed by atoms with Gasteiger partial charge in [0.25, 0.3) is 0 Å². The van der Waals surface area contributed by atoms with Crippen LogP contribution in [0.5, 0.6) is 5.75 Å². The van der Waals surface area contributed by atoms with Gasteiger partial charge in [0.05, 0.1) is 0 Å². The van der Waals surface area contributed by atoms with E-state index in [2.05, 4.69) is 28.1 Å². The molecule has 0 aliphatic rings. The van der Waals surface area contributed by atoms with Crippen molar-refractivity contribution in [1.82, 2.24) is 4.98 Å². The van der Waals surface area contributed by atoms with Crippen LogP contribution in [0.2, 0.25) is 0 Å². The lowest BCUT2D eigenvalue weighted by atomic mass is 10.2. The summed E-state index contributed by atoms with van der Waals surface area (Å²) >= 11 is 0. The Labute approximate surface area is 150 Å². The second-order valence-electron chi connectivity index (χ2n) is 5.38. The molecule has 0 spiro atoms. The molecular formula is C20H17F3N2O. The Bertz CT molecular complexity index is 845. The number of aromatic nitrogens is 1. The number of benzene rings is 1. The van der Waals surface area contributed by atoms with Crippen molar-refractivity contribution in [3.05, 3.63) is 78.3 Å². The molecule has 26 heavy (non-hydrogen) atoms. The second kappa shape index (κ2) is 8.26. The average Bonchev–Trinajstić information content (AvgIpc) is 2.59. The van der Waals surface area contributed by atoms with Gasteiger partial charge in [-0.1, -0.05) is 18.6 Å². The van der Waals surface area contributed by atoms with Crippen LogP contribution in [-0.2, 0) is 0 Å². The predicted octanol–water partition coefficient (Wildman–Crippen LogP) is 4.93. The van der Waals surface area contributed by atoms with Crippen molar-refractivity contribution >= 4 is 5.69 Å². The fourth-order valence-electron chi connectivity index (χ4n) is 2.04. The molecule has 0 N–H and O–H groups in total. The van der Waals surface area contributed by atoms with Crippen molar-refractivity contribution < 1.29 is 17.9 Å². The van der Waals surface area contributed by atoms with Gasteiger partial charge in [0, 0.05) is 30.2 Å². The number of alkyl halides is 3. The van der Waals surface area contributed by atoms with E-state index >= 15 is 0 Å². The van der Waals surface area contributed by atoms with Gasteiger partial charge in [0.15, 0.2) is 0 Å². The maximum Gasteiger partial charge on any atom is 0.573 e. The van der Waals surface area contributed by atoms with Crippen molar-refractivity contribution in [2.45, 2.75) is 13.3 Å². The van der Waals surface area contributed by atoms with Gasteiger partial charge < -0.3 is 9.64 Å². The highest BCUT2D eigenvalue weighted by Crippen LogP contribution is 2.26. The number of halogens is 3. The average molecular weight is 358 g/mol. The molecule has 1 aromatic carbocycles. The number of ether oxygens (including phenoxy) is 1. The molecule has 0 saturated heterocycles. The van der Waals surface area contributed by atoms with E-state index in [-0.39, 0.29) is 5.75 Å². The number of nitrogens with zero attached hydrogens (tertiary/aromatic N) is 2. The zero-order valence-electron chi connectivity index (χ0n) is 14.3. The summed E-state index contributed by atoms with van der Waals surface area (Å²) in [4.78, 5) is 5.92. The molecule has 0 saturated carbocycles. The Balaban J connectivity index is 2.06. The Morgan fingerprint density at radius 1 is 1.19 bits per heavy atom. The van der Waals surface area contributed by atoms with E-state index in [1.54, 1.807) is 37.5 Å². The van der Waals surface area contributed by atoms with Gasteiger partial charge in [0.2, 0.25) is 0 Å². The van der Waals surface area contributed by atoms with Crippen molar-refractivity contribution in [3.63, 3.8) is 0 Å². The third-order valence-corrected chi connectivity index (χ3v) is 3.39. The first kappa shape index (κ1) is 19.1. The molecule has 134 valence electrons. The molecule has 0 aliphatic carbocycles. The molecule has 0 atom stereocenters. The molecule has 0 radical (unpaired) electrons. The number of rotatable bonds is 4. The van der Waals surface area contributed by atoms with Crippen LogP contribution in [0.1, 0.15) is 12.6 Å². The van der Waals surface area contributed by atoms with Gasteiger partial charge in [0.1, 0.15) is 11.4 Å². The molecule has 1 aromatic heterocycles. The minimum atomic E-state index is -4.70. The van der Waals surface area contributed by atoms with Crippen LogP contribution in [0.4, 0.5) is 18.9 Å².